The van der Waals surface area contributed by atoms with Crippen molar-refractivity contribution in [2.75, 3.05) is 6.61 Å². The van der Waals surface area contributed by atoms with Crippen molar-refractivity contribution in [1.29, 1.82) is 0 Å². The van der Waals surface area contributed by atoms with Gasteiger partial charge >= 0.3 is 5.97 Å². The smallest absolute Gasteiger partial charge is 0.356 e. The predicted octanol–water partition coefficient (Wildman–Crippen LogP) is 1.57. The first-order chi connectivity index (χ1) is 5.76. The van der Waals surface area contributed by atoms with Gasteiger partial charge in [0, 0.05) is 6.42 Å². The van der Waals surface area contributed by atoms with Crippen molar-refractivity contribution in [2.45, 2.75) is 33.1 Å². The third-order valence-corrected chi connectivity index (χ3v) is 1.40. The van der Waals surface area contributed by atoms with Gasteiger partial charge in [0.15, 0.2) is 5.71 Å². The maximum absolute atomic E-state index is 11.0. The standard InChI is InChI=1S/C8H15NO3/c1-3-5-6-7(9-11)8(10)12-4-2/h11H,3-6H2,1-2H3. The van der Waals surface area contributed by atoms with E-state index in [0.717, 1.165) is 12.8 Å². The second-order valence-electron chi connectivity index (χ2n) is 2.37. The van der Waals surface area contributed by atoms with Crippen LogP contribution >= 0.6 is 0 Å². The highest BCUT2D eigenvalue weighted by Gasteiger charge is 2.11. The summed E-state index contributed by atoms with van der Waals surface area (Å²) in [6.07, 6.45) is 2.27. The van der Waals surface area contributed by atoms with Gasteiger partial charge < -0.3 is 9.94 Å². The Morgan fingerprint density at radius 2 is 2.17 bits per heavy atom. The first-order valence-electron chi connectivity index (χ1n) is 4.14. The zero-order valence-corrected chi connectivity index (χ0v) is 7.54. The van der Waals surface area contributed by atoms with Crippen molar-refractivity contribution in [2.24, 2.45) is 5.16 Å². The summed E-state index contributed by atoms with van der Waals surface area (Å²) in [5.74, 6) is -0.520. The first kappa shape index (κ1) is 10.9. The van der Waals surface area contributed by atoms with Gasteiger partial charge in [0.2, 0.25) is 0 Å². The number of nitrogens with zero attached hydrogens (tertiary/aromatic N) is 1. The number of esters is 1. The predicted molar refractivity (Wildman–Crippen MR) is 45.4 cm³/mol. The van der Waals surface area contributed by atoms with Crippen molar-refractivity contribution < 1.29 is 14.7 Å². The molecule has 12 heavy (non-hydrogen) atoms. The van der Waals surface area contributed by atoms with Crippen LogP contribution in [0.25, 0.3) is 0 Å². The fourth-order valence-corrected chi connectivity index (χ4v) is 0.752. The minimum atomic E-state index is -0.520. The fraction of sp³-hybridized carbons (Fsp3) is 0.750. The number of oxime groups is 1. The summed E-state index contributed by atoms with van der Waals surface area (Å²) in [6, 6.07) is 0. The topological polar surface area (TPSA) is 58.9 Å². The molecule has 0 saturated carbocycles. The van der Waals surface area contributed by atoms with Crippen LogP contribution in [0.1, 0.15) is 33.1 Å². The summed E-state index contributed by atoms with van der Waals surface area (Å²) < 4.78 is 4.66. The molecule has 4 nitrogen and oxygen atoms in total. The highest BCUT2D eigenvalue weighted by Crippen LogP contribution is 1.98. The number of hydrogen-bond donors (Lipinski definition) is 1. The Kier molecular flexibility index (Phi) is 6.05. The van der Waals surface area contributed by atoms with E-state index in [-0.39, 0.29) is 5.71 Å². The van der Waals surface area contributed by atoms with Crippen molar-refractivity contribution in [1.82, 2.24) is 0 Å². The number of rotatable bonds is 5. The molecular formula is C8H15NO3. The van der Waals surface area contributed by atoms with Crippen molar-refractivity contribution >= 4 is 11.7 Å². The van der Waals surface area contributed by atoms with Crippen molar-refractivity contribution in [3.63, 3.8) is 0 Å². The molecule has 0 amide bonds. The average Bonchev–Trinajstić information content (AvgIpc) is 2.06. The van der Waals surface area contributed by atoms with Crippen LogP contribution in [0.5, 0.6) is 0 Å². The maximum Gasteiger partial charge on any atom is 0.356 e. The summed E-state index contributed by atoms with van der Waals surface area (Å²) in [5, 5.41) is 11.3. The van der Waals surface area contributed by atoms with Crippen LogP contribution in [0.2, 0.25) is 0 Å². The molecular weight excluding hydrogens is 158 g/mol. The summed E-state index contributed by atoms with van der Waals surface area (Å²) in [4.78, 5) is 11.0. The fourth-order valence-electron chi connectivity index (χ4n) is 0.752. The number of unbranched alkanes of at least 4 members (excludes halogenated alkanes) is 1. The molecule has 0 aromatic heterocycles. The van der Waals surface area contributed by atoms with Gasteiger partial charge in [-0.25, -0.2) is 4.79 Å². The van der Waals surface area contributed by atoms with E-state index in [4.69, 9.17) is 5.21 Å². The van der Waals surface area contributed by atoms with E-state index in [1.54, 1.807) is 6.92 Å². The molecule has 4 heteroatoms. The zero-order valence-electron chi connectivity index (χ0n) is 7.54. The lowest BCUT2D eigenvalue weighted by molar-refractivity contribution is -0.135. The van der Waals surface area contributed by atoms with Gasteiger partial charge in [0.25, 0.3) is 0 Å². The van der Waals surface area contributed by atoms with E-state index < -0.39 is 5.97 Å². The first-order valence-corrected chi connectivity index (χ1v) is 4.14. The Hall–Kier alpha value is -1.06. The molecule has 0 radical (unpaired) electrons. The lowest BCUT2D eigenvalue weighted by Gasteiger charge is -2.01. The summed E-state index contributed by atoms with van der Waals surface area (Å²) >= 11 is 0. The normalized spacial score (nSPS) is 11.3. The summed E-state index contributed by atoms with van der Waals surface area (Å²) in [7, 11) is 0. The van der Waals surface area contributed by atoms with Gasteiger partial charge in [-0.1, -0.05) is 18.5 Å². The monoisotopic (exact) mass is 173 g/mol. The number of carbonyl (C=O) groups is 1. The second kappa shape index (κ2) is 6.64. The van der Waals surface area contributed by atoms with Gasteiger partial charge in [-0.2, -0.15) is 0 Å². The van der Waals surface area contributed by atoms with Crippen LogP contribution in [0.3, 0.4) is 0 Å². The Labute approximate surface area is 72.2 Å². The quantitative estimate of drug-likeness (QED) is 0.297. The molecule has 0 heterocycles. The van der Waals surface area contributed by atoms with Crippen LogP contribution in [-0.4, -0.2) is 23.5 Å². The van der Waals surface area contributed by atoms with Crippen molar-refractivity contribution in [3.05, 3.63) is 0 Å². The second-order valence-corrected chi connectivity index (χ2v) is 2.37. The lowest BCUT2D eigenvalue weighted by atomic mass is 10.2. The van der Waals surface area contributed by atoms with E-state index in [9.17, 15) is 4.79 Å². The molecule has 0 saturated heterocycles. The highest BCUT2D eigenvalue weighted by atomic mass is 16.5. The highest BCUT2D eigenvalue weighted by molar-refractivity contribution is 6.36. The number of carbonyl (C=O) groups excluding carboxylic acids is 1. The molecule has 0 aliphatic rings. The van der Waals surface area contributed by atoms with Crippen LogP contribution in [-0.2, 0) is 9.53 Å². The Morgan fingerprint density at radius 1 is 1.50 bits per heavy atom. The molecule has 0 aromatic carbocycles. The van der Waals surface area contributed by atoms with Gasteiger partial charge in [0.1, 0.15) is 0 Å². The largest absolute Gasteiger partial charge is 0.461 e. The van der Waals surface area contributed by atoms with E-state index >= 15 is 0 Å². The molecule has 0 spiro atoms. The Morgan fingerprint density at radius 3 is 2.58 bits per heavy atom. The van der Waals surface area contributed by atoms with E-state index in [2.05, 4.69) is 9.89 Å². The zero-order chi connectivity index (χ0) is 9.40. The van der Waals surface area contributed by atoms with Gasteiger partial charge in [0.05, 0.1) is 6.61 Å². The minimum Gasteiger partial charge on any atom is -0.461 e. The average molecular weight is 173 g/mol. The van der Waals surface area contributed by atoms with Crippen LogP contribution in [0, 0.1) is 0 Å². The lowest BCUT2D eigenvalue weighted by Crippen LogP contribution is -2.17. The number of hydrogen-bond acceptors (Lipinski definition) is 4. The van der Waals surface area contributed by atoms with Crippen molar-refractivity contribution in [3.8, 4) is 0 Å². The molecule has 70 valence electrons. The summed E-state index contributed by atoms with van der Waals surface area (Å²) in [6.45, 7) is 4.02. The maximum atomic E-state index is 11.0. The number of ether oxygens (including phenoxy) is 1. The van der Waals surface area contributed by atoms with E-state index in [1.165, 1.54) is 0 Å². The molecule has 0 aliphatic carbocycles. The molecule has 1 N–H and O–H groups in total. The molecule has 0 aliphatic heterocycles. The van der Waals surface area contributed by atoms with Crippen LogP contribution in [0.15, 0.2) is 5.16 Å². The minimum absolute atomic E-state index is 0.110. The molecule has 0 bridgehead atoms. The third kappa shape index (κ3) is 3.95. The molecule has 0 aromatic rings. The molecule has 0 unspecified atom stereocenters. The van der Waals surface area contributed by atoms with Gasteiger partial charge in [-0.15, -0.1) is 0 Å². The van der Waals surface area contributed by atoms with Crippen LogP contribution < -0.4 is 0 Å². The van der Waals surface area contributed by atoms with Crippen LogP contribution in [0.4, 0.5) is 0 Å². The summed E-state index contributed by atoms with van der Waals surface area (Å²) in [5.41, 5.74) is 0.110. The Balaban J connectivity index is 3.90. The van der Waals surface area contributed by atoms with E-state index in [1.807, 2.05) is 6.92 Å². The molecule has 0 atom stereocenters. The van der Waals surface area contributed by atoms with Gasteiger partial charge in [-0.05, 0) is 13.3 Å². The third-order valence-electron chi connectivity index (χ3n) is 1.40. The Bertz CT molecular complexity index is 166. The SMILES string of the molecule is CCCCC(=NO)C(=O)OCC. The van der Waals surface area contributed by atoms with E-state index in [0.29, 0.717) is 13.0 Å². The molecule has 0 rings (SSSR count). The molecule has 0 fully saturated rings. The van der Waals surface area contributed by atoms with Gasteiger partial charge in [-0.3, -0.25) is 0 Å².